The van der Waals surface area contributed by atoms with Gasteiger partial charge in [-0.3, -0.25) is 0 Å². The van der Waals surface area contributed by atoms with Gasteiger partial charge in [0.1, 0.15) is 0 Å². The van der Waals surface area contributed by atoms with Crippen molar-refractivity contribution in [3.63, 3.8) is 0 Å². The molecule has 0 atom stereocenters. The molecule has 0 saturated heterocycles. The molecule has 0 amide bonds. The number of hydrogen-bond donors (Lipinski definition) is 0. The van der Waals surface area contributed by atoms with Gasteiger partial charge < -0.3 is 4.90 Å². The second-order valence-corrected chi connectivity index (χ2v) is 17.0. The summed E-state index contributed by atoms with van der Waals surface area (Å²) >= 11 is 1.90. The van der Waals surface area contributed by atoms with Gasteiger partial charge in [-0.2, -0.15) is 0 Å². The van der Waals surface area contributed by atoms with Gasteiger partial charge in [-0.1, -0.05) is 212 Å². The average Bonchev–Trinajstić information content (AvgIpc) is 3.63. The van der Waals surface area contributed by atoms with Crippen molar-refractivity contribution in [2.45, 2.75) is 15.2 Å². The molecule has 2 heteroatoms. The lowest BCUT2D eigenvalue weighted by atomic mass is 9.66. The largest absolute Gasteiger partial charge is 0.309 e. The summed E-state index contributed by atoms with van der Waals surface area (Å²) in [6, 6.07) is 87.3. The summed E-state index contributed by atoms with van der Waals surface area (Å²) in [5, 5.41) is 2.47. The first-order chi connectivity index (χ1) is 30.3. The van der Waals surface area contributed by atoms with Crippen molar-refractivity contribution in [3.8, 4) is 44.5 Å². The van der Waals surface area contributed by atoms with E-state index in [4.69, 9.17) is 0 Å². The van der Waals surface area contributed by atoms with E-state index in [1.165, 1.54) is 87.3 Å². The van der Waals surface area contributed by atoms with Crippen molar-refractivity contribution in [2.75, 3.05) is 4.90 Å². The van der Waals surface area contributed by atoms with Crippen LogP contribution in [0.4, 0.5) is 17.1 Å². The minimum atomic E-state index is -0.489. The first-order valence-electron chi connectivity index (χ1n) is 21.0. The normalized spacial score (nSPS) is 13.0. The first-order valence-corrected chi connectivity index (χ1v) is 21.8. The minimum absolute atomic E-state index is 0.489. The molecule has 286 valence electrons. The maximum absolute atomic E-state index is 2.51. The van der Waals surface area contributed by atoms with Crippen LogP contribution in [0.3, 0.4) is 0 Å². The molecule has 0 saturated carbocycles. The zero-order valence-corrected chi connectivity index (χ0v) is 34.2. The molecule has 1 aliphatic carbocycles. The quantitative estimate of drug-likeness (QED) is 0.165. The highest BCUT2D eigenvalue weighted by atomic mass is 32.2. The maximum atomic E-state index is 2.51. The van der Waals surface area contributed by atoms with E-state index in [1.807, 2.05) is 11.8 Å². The molecular formula is C59H39NS. The van der Waals surface area contributed by atoms with Crippen LogP contribution >= 0.6 is 11.8 Å². The van der Waals surface area contributed by atoms with Crippen LogP contribution in [0.5, 0.6) is 0 Å². The van der Waals surface area contributed by atoms with E-state index >= 15 is 0 Å². The van der Waals surface area contributed by atoms with Gasteiger partial charge in [0.15, 0.2) is 0 Å². The van der Waals surface area contributed by atoms with Crippen LogP contribution in [0.25, 0.3) is 55.3 Å². The number of nitrogens with zero attached hydrogens (tertiary/aromatic N) is 1. The lowest BCUT2D eigenvalue weighted by molar-refractivity contribution is 0.730. The Hall–Kier alpha value is -7.39. The smallest absolute Gasteiger partial charge is 0.0741 e. The van der Waals surface area contributed by atoms with Gasteiger partial charge in [0, 0.05) is 26.4 Å². The molecule has 0 N–H and O–H groups in total. The van der Waals surface area contributed by atoms with Crippen LogP contribution < -0.4 is 4.90 Å². The number of benzene rings is 10. The molecule has 0 radical (unpaired) electrons. The molecule has 1 heterocycles. The third-order valence-corrected chi connectivity index (χ3v) is 13.8. The Bertz CT molecular complexity index is 3220. The number of hydrogen-bond acceptors (Lipinski definition) is 2. The van der Waals surface area contributed by atoms with E-state index in [0.717, 1.165) is 17.1 Å². The molecule has 0 aromatic heterocycles. The molecule has 61 heavy (non-hydrogen) atoms. The first kappa shape index (κ1) is 35.5. The topological polar surface area (TPSA) is 3.24 Å². The van der Waals surface area contributed by atoms with E-state index in [1.54, 1.807) is 0 Å². The minimum Gasteiger partial charge on any atom is -0.309 e. The van der Waals surface area contributed by atoms with E-state index in [0.29, 0.717) is 0 Å². The maximum Gasteiger partial charge on any atom is 0.0741 e. The average molecular weight is 794 g/mol. The lowest BCUT2D eigenvalue weighted by Gasteiger charge is -2.41. The SMILES string of the molecule is c1ccc(-c2ccc(N(c3ccc(-c4ccccc4)cc3-c3ccccc3)c3cc4c(c5ccccc35)C3(c5ccccc5S4)c4ccccc4-c4ccccc43)cc2)cc1. The molecule has 0 unspecified atom stereocenters. The van der Waals surface area contributed by atoms with Crippen LogP contribution in [0, 0.1) is 0 Å². The second-order valence-electron chi connectivity index (χ2n) is 16.0. The van der Waals surface area contributed by atoms with Crippen molar-refractivity contribution < 1.29 is 0 Å². The predicted octanol–water partition coefficient (Wildman–Crippen LogP) is 16.1. The summed E-state index contributed by atoms with van der Waals surface area (Å²) in [5.41, 5.74) is 18.0. The zero-order valence-electron chi connectivity index (χ0n) is 33.4. The fourth-order valence-electron chi connectivity index (χ4n) is 10.1. The van der Waals surface area contributed by atoms with Crippen LogP contribution in [-0.4, -0.2) is 0 Å². The Balaban J connectivity index is 1.17. The van der Waals surface area contributed by atoms with Crippen molar-refractivity contribution in [1.82, 2.24) is 0 Å². The number of fused-ring (bicyclic) bond motifs is 11. The molecule has 10 aromatic rings. The molecule has 0 bridgehead atoms. The molecule has 12 rings (SSSR count). The highest BCUT2D eigenvalue weighted by molar-refractivity contribution is 7.99. The van der Waals surface area contributed by atoms with Crippen molar-refractivity contribution in [3.05, 3.63) is 259 Å². The number of anilines is 3. The summed E-state index contributed by atoms with van der Waals surface area (Å²) < 4.78 is 0. The summed E-state index contributed by atoms with van der Waals surface area (Å²) in [5.74, 6) is 0. The second kappa shape index (κ2) is 14.4. The third kappa shape index (κ3) is 5.57. The van der Waals surface area contributed by atoms with Crippen molar-refractivity contribution in [1.29, 1.82) is 0 Å². The van der Waals surface area contributed by atoms with Gasteiger partial charge in [0.25, 0.3) is 0 Å². The summed E-state index contributed by atoms with van der Waals surface area (Å²) in [6.45, 7) is 0. The van der Waals surface area contributed by atoms with Gasteiger partial charge in [0.2, 0.25) is 0 Å². The van der Waals surface area contributed by atoms with Gasteiger partial charge >= 0.3 is 0 Å². The van der Waals surface area contributed by atoms with E-state index in [9.17, 15) is 0 Å². The van der Waals surface area contributed by atoms with E-state index < -0.39 is 5.41 Å². The van der Waals surface area contributed by atoms with Gasteiger partial charge in [-0.05, 0) is 103 Å². The summed E-state index contributed by atoms with van der Waals surface area (Å²) in [7, 11) is 0. The molecule has 1 aliphatic heterocycles. The van der Waals surface area contributed by atoms with Crippen molar-refractivity contribution >= 4 is 39.6 Å². The van der Waals surface area contributed by atoms with E-state index in [-0.39, 0.29) is 0 Å². The molecule has 0 fully saturated rings. The van der Waals surface area contributed by atoms with Crippen LogP contribution in [0.1, 0.15) is 22.3 Å². The van der Waals surface area contributed by atoms with E-state index in [2.05, 4.69) is 241 Å². The van der Waals surface area contributed by atoms with Crippen LogP contribution in [0.15, 0.2) is 246 Å². The fourth-order valence-corrected chi connectivity index (χ4v) is 11.4. The molecule has 2 aliphatic rings. The molecule has 10 aromatic carbocycles. The van der Waals surface area contributed by atoms with Gasteiger partial charge in [0.05, 0.1) is 16.8 Å². The van der Waals surface area contributed by atoms with Crippen LogP contribution in [-0.2, 0) is 5.41 Å². The molecule has 1 spiro atoms. The Morgan fingerprint density at radius 2 is 0.803 bits per heavy atom. The highest BCUT2D eigenvalue weighted by Gasteiger charge is 2.51. The van der Waals surface area contributed by atoms with Crippen LogP contribution in [0.2, 0.25) is 0 Å². The Morgan fingerprint density at radius 1 is 0.311 bits per heavy atom. The summed E-state index contributed by atoms with van der Waals surface area (Å²) in [6.07, 6.45) is 0. The monoisotopic (exact) mass is 793 g/mol. The predicted molar refractivity (Wildman–Crippen MR) is 256 cm³/mol. The Kier molecular flexibility index (Phi) is 8.40. The fraction of sp³-hybridized carbons (Fsp3) is 0.0169. The number of rotatable bonds is 6. The Labute approximate surface area is 361 Å². The lowest BCUT2D eigenvalue weighted by Crippen LogP contribution is -2.32. The highest BCUT2D eigenvalue weighted by Crippen LogP contribution is 2.64. The third-order valence-electron chi connectivity index (χ3n) is 12.7. The van der Waals surface area contributed by atoms with Crippen molar-refractivity contribution in [2.24, 2.45) is 0 Å². The molecular weight excluding hydrogens is 755 g/mol. The zero-order chi connectivity index (χ0) is 40.3. The standard InChI is InChI=1S/C59H39NS/c1-4-18-40(19-5-1)42-32-35-45(36-33-42)60(54-37-34-44(41-20-6-2-7-21-41)38-50(54)43-22-8-3-9-23-43)55-39-57-58(49-27-11-10-26-48(49)55)59(53-30-16-17-31-56(53)61-57)51-28-14-12-24-46(51)47-25-13-15-29-52(47)59/h1-39H. The van der Waals surface area contributed by atoms with Gasteiger partial charge in [-0.15, -0.1) is 0 Å². The van der Waals surface area contributed by atoms with Gasteiger partial charge in [-0.25, -0.2) is 0 Å². The Morgan fingerprint density at radius 3 is 1.46 bits per heavy atom. The molecule has 1 nitrogen and oxygen atoms in total. The summed E-state index contributed by atoms with van der Waals surface area (Å²) in [4.78, 5) is 5.07.